The summed E-state index contributed by atoms with van der Waals surface area (Å²) in [5, 5.41) is 3.22. The lowest BCUT2D eigenvalue weighted by molar-refractivity contribution is -0.118. The van der Waals surface area contributed by atoms with Crippen molar-refractivity contribution in [2.75, 3.05) is 13.1 Å². The van der Waals surface area contributed by atoms with Gasteiger partial charge in [0, 0.05) is 12.5 Å². The van der Waals surface area contributed by atoms with Crippen molar-refractivity contribution in [2.45, 2.75) is 39.5 Å². The van der Waals surface area contributed by atoms with Crippen LogP contribution in [0.2, 0.25) is 0 Å². The molecule has 0 spiro atoms. The number of rotatable bonds is 5. The van der Waals surface area contributed by atoms with E-state index in [9.17, 15) is 4.79 Å². The lowest BCUT2D eigenvalue weighted by atomic mass is 9.91. The van der Waals surface area contributed by atoms with Gasteiger partial charge >= 0.3 is 0 Å². The Kier molecular flexibility index (Phi) is 4.88. The summed E-state index contributed by atoms with van der Waals surface area (Å²) in [5.74, 6) is 0.491. The molecule has 0 heterocycles. The summed E-state index contributed by atoms with van der Waals surface area (Å²) in [6.07, 6.45) is 6.66. The van der Waals surface area contributed by atoms with Crippen LogP contribution in [0, 0.1) is 5.92 Å². The predicted molar refractivity (Wildman–Crippen MR) is 59.3 cm³/mol. The summed E-state index contributed by atoms with van der Waals surface area (Å²) in [4.78, 5) is 11.9. The minimum atomic E-state index is 0.138. The summed E-state index contributed by atoms with van der Waals surface area (Å²) < 4.78 is 0. The lowest BCUT2D eigenvalue weighted by Gasteiger charge is -2.16. The number of allylic oxidation sites excluding steroid dienone is 2. The van der Waals surface area contributed by atoms with Gasteiger partial charge in [-0.05, 0) is 37.8 Å². The van der Waals surface area contributed by atoms with Crippen molar-refractivity contribution >= 4 is 5.78 Å². The molecule has 2 heteroatoms. The normalized spacial score (nSPS) is 18.9. The number of ketones is 1. The molecule has 0 saturated heterocycles. The third-order valence-electron chi connectivity index (χ3n) is 2.76. The number of hydrogen-bond donors (Lipinski definition) is 1. The first-order chi connectivity index (χ1) is 6.75. The van der Waals surface area contributed by atoms with Crippen LogP contribution < -0.4 is 5.32 Å². The van der Waals surface area contributed by atoms with Crippen LogP contribution in [-0.2, 0) is 4.79 Å². The smallest absolute Gasteiger partial charge is 0.162 e. The number of hydrogen-bond acceptors (Lipinski definition) is 2. The first-order valence-electron chi connectivity index (χ1n) is 5.69. The Labute approximate surface area is 86.8 Å². The summed E-state index contributed by atoms with van der Waals surface area (Å²) in [6.45, 7) is 5.83. The van der Waals surface area contributed by atoms with E-state index in [1.165, 1.54) is 12.8 Å². The maximum Gasteiger partial charge on any atom is 0.162 e. The second-order valence-electron chi connectivity index (χ2n) is 4.05. The van der Waals surface area contributed by atoms with Crippen LogP contribution in [-0.4, -0.2) is 18.9 Å². The van der Waals surface area contributed by atoms with Gasteiger partial charge in [0.1, 0.15) is 0 Å². The van der Waals surface area contributed by atoms with Crippen molar-refractivity contribution in [3.05, 3.63) is 11.6 Å². The predicted octanol–water partition coefficient (Wildman–Crippen LogP) is 2.30. The molecule has 0 radical (unpaired) electrons. The molecule has 80 valence electrons. The Hall–Kier alpha value is -0.630. The van der Waals surface area contributed by atoms with Crippen LogP contribution in [0.3, 0.4) is 0 Å². The van der Waals surface area contributed by atoms with E-state index in [2.05, 4.69) is 18.3 Å². The average Bonchev–Trinajstić information content (AvgIpc) is 2.26. The van der Waals surface area contributed by atoms with Crippen LogP contribution in [0.1, 0.15) is 39.5 Å². The fourth-order valence-corrected chi connectivity index (χ4v) is 1.83. The van der Waals surface area contributed by atoms with Crippen molar-refractivity contribution in [2.24, 2.45) is 5.92 Å². The number of carbonyl (C=O) groups is 1. The Morgan fingerprint density at radius 3 is 2.93 bits per heavy atom. The van der Waals surface area contributed by atoms with Crippen LogP contribution in [0.5, 0.6) is 0 Å². The quantitative estimate of drug-likeness (QED) is 0.729. The number of nitrogens with one attached hydrogen (secondary N) is 1. The van der Waals surface area contributed by atoms with E-state index < -0.39 is 0 Å². The molecule has 0 aliphatic heterocycles. The van der Waals surface area contributed by atoms with Gasteiger partial charge in [0.2, 0.25) is 0 Å². The molecule has 14 heavy (non-hydrogen) atoms. The molecule has 2 nitrogen and oxygen atoms in total. The molecule has 1 rings (SSSR count). The largest absolute Gasteiger partial charge is 0.316 e. The van der Waals surface area contributed by atoms with Gasteiger partial charge < -0.3 is 5.32 Å². The monoisotopic (exact) mass is 195 g/mol. The Balaban J connectivity index is 2.42. The second kappa shape index (κ2) is 5.97. The third kappa shape index (κ3) is 3.26. The highest BCUT2D eigenvalue weighted by Crippen LogP contribution is 2.20. The molecule has 1 aliphatic rings. The molecule has 1 N–H and O–H groups in total. The fourth-order valence-electron chi connectivity index (χ4n) is 1.83. The standard InChI is InChI=1S/C12H21NO/c1-3-13-9-10(2)12(14)11-7-5-4-6-8-11/h7,10,13H,3-6,8-9H2,1-2H3. The maximum absolute atomic E-state index is 11.9. The van der Waals surface area contributed by atoms with E-state index in [1.807, 2.05) is 6.92 Å². The van der Waals surface area contributed by atoms with Crippen molar-refractivity contribution < 1.29 is 4.79 Å². The van der Waals surface area contributed by atoms with E-state index in [1.54, 1.807) is 0 Å². The lowest BCUT2D eigenvalue weighted by Crippen LogP contribution is -2.27. The average molecular weight is 195 g/mol. The van der Waals surface area contributed by atoms with Crippen molar-refractivity contribution in [1.82, 2.24) is 5.32 Å². The Bertz CT molecular complexity index is 220. The summed E-state index contributed by atoms with van der Waals surface area (Å²) >= 11 is 0. The van der Waals surface area contributed by atoms with Crippen molar-refractivity contribution in [3.63, 3.8) is 0 Å². The highest BCUT2D eigenvalue weighted by Gasteiger charge is 2.18. The minimum absolute atomic E-state index is 0.138. The van der Waals surface area contributed by atoms with E-state index in [-0.39, 0.29) is 5.92 Å². The molecule has 0 aromatic carbocycles. The number of Topliss-reactive ketones (excluding diaryl/α,β-unsaturated/α-hetero) is 1. The van der Waals surface area contributed by atoms with E-state index >= 15 is 0 Å². The van der Waals surface area contributed by atoms with Gasteiger partial charge in [-0.3, -0.25) is 4.79 Å². The zero-order valence-electron chi connectivity index (χ0n) is 9.31. The maximum atomic E-state index is 11.9. The molecule has 0 aromatic heterocycles. The Morgan fingerprint density at radius 1 is 1.57 bits per heavy atom. The number of carbonyl (C=O) groups excluding carboxylic acids is 1. The topological polar surface area (TPSA) is 29.1 Å². The summed E-state index contributed by atoms with van der Waals surface area (Å²) in [5.41, 5.74) is 1.07. The molecule has 0 saturated carbocycles. The van der Waals surface area contributed by atoms with Gasteiger partial charge in [-0.1, -0.05) is 19.9 Å². The Morgan fingerprint density at radius 2 is 2.36 bits per heavy atom. The van der Waals surface area contributed by atoms with Crippen LogP contribution in [0.4, 0.5) is 0 Å². The van der Waals surface area contributed by atoms with E-state index in [4.69, 9.17) is 0 Å². The fraction of sp³-hybridized carbons (Fsp3) is 0.750. The van der Waals surface area contributed by atoms with Gasteiger partial charge in [-0.15, -0.1) is 0 Å². The van der Waals surface area contributed by atoms with E-state index in [0.29, 0.717) is 5.78 Å². The molecule has 0 fully saturated rings. The zero-order valence-corrected chi connectivity index (χ0v) is 9.31. The highest BCUT2D eigenvalue weighted by molar-refractivity contribution is 5.97. The summed E-state index contributed by atoms with van der Waals surface area (Å²) in [7, 11) is 0. The van der Waals surface area contributed by atoms with Crippen LogP contribution in [0.15, 0.2) is 11.6 Å². The summed E-state index contributed by atoms with van der Waals surface area (Å²) in [6, 6.07) is 0. The van der Waals surface area contributed by atoms with Crippen molar-refractivity contribution in [3.8, 4) is 0 Å². The molecule has 1 unspecified atom stereocenters. The van der Waals surface area contributed by atoms with Gasteiger partial charge in [0.05, 0.1) is 0 Å². The van der Waals surface area contributed by atoms with E-state index in [0.717, 1.165) is 31.5 Å². The SMILES string of the molecule is CCNCC(C)C(=O)C1=CCCCC1. The van der Waals surface area contributed by atoms with Gasteiger partial charge in [0.15, 0.2) is 5.78 Å². The molecule has 1 aliphatic carbocycles. The molecule has 1 atom stereocenters. The zero-order chi connectivity index (χ0) is 10.4. The van der Waals surface area contributed by atoms with Crippen molar-refractivity contribution in [1.29, 1.82) is 0 Å². The first-order valence-corrected chi connectivity index (χ1v) is 5.69. The van der Waals surface area contributed by atoms with Gasteiger partial charge in [-0.25, -0.2) is 0 Å². The third-order valence-corrected chi connectivity index (χ3v) is 2.76. The molecular weight excluding hydrogens is 174 g/mol. The van der Waals surface area contributed by atoms with Gasteiger partial charge in [-0.2, -0.15) is 0 Å². The van der Waals surface area contributed by atoms with Crippen LogP contribution >= 0.6 is 0 Å². The minimum Gasteiger partial charge on any atom is -0.316 e. The second-order valence-corrected chi connectivity index (χ2v) is 4.05. The first kappa shape index (κ1) is 11.4. The molecule has 0 bridgehead atoms. The highest BCUT2D eigenvalue weighted by atomic mass is 16.1. The molecular formula is C12H21NO. The van der Waals surface area contributed by atoms with Gasteiger partial charge in [0.25, 0.3) is 0 Å². The molecule has 0 aromatic rings. The molecule has 0 amide bonds. The van der Waals surface area contributed by atoms with Crippen LogP contribution in [0.25, 0.3) is 0 Å².